The molecule has 0 saturated heterocycles. The molecule has 0 saturated carbocycles. The van der Waals surface area contributed by atoms with Gasteiger partial charge in [-0.2, -0.15) is 0 Å². The first-order valence-electron chi connectivity index (χ1n) is 4.98. The predicted molar refractivity (Wildman–Crippen MR) is 59.8 cm³/mol. The van der Waals surface area contributed by atoms with Gasteiger partial charge in [-0.05, 0) is 18.9 Å². The van der Waals surface area contributed by atoms with E-state index in [9.17, 15) is 0 Å². The van der Waals surface area contributed by atoms with Crippen LogP contribution in [0.25, 0.3) is 0 Å². The quantitative estimate of drug-likeness (QED) is 0.727. The number of aliphatic hydroxyl groups excluding tert-OH is 1. The molecule has 0 amide bonds. The molecule has 1 aromatic rings. The van der Waals surface area contributed by atoms with Crippen molar-refractivity contribution in [2.75, 3.05) is 6.61 Å². The summed E-state index contributed by atoms with van der Waals surface area (Å²) >= 11 is 0. The Morgan fingerprint density at radius 2 is 2.00 bits per heavy atom. The Morgan fingerprint density at radius 1 is 1.36 bits per heavy atom. The Hall–Kier alpha value is -1.15. The first-order valence-corrected chi connectivity index (χ1v) is 4.98. The first-order chi connectivity index (χ1) is 6.77. The van der Waals surface area contributed by atoms with E-state index in [1.807, 2.05) is 44.2 Å². The second-order valence-corrected chi connectivity index (χ2v) is 3.33. The van der Waals surface area contributed by atoms with E-state index in [-0.39, 0.29) is 12.6 Å². The van der Waals surface area contributed by atoms with E-state index in [0.717, 1.165) is 17.7 Å². The highest BCUT2D eigenvalue weighted by molar-refractivity contribution is 5.98. The number of benzene rings is 1. The fraction of sp³-hybridized carbons (Fsp3) is 0.417. The Morgan fingerprint density at radius 3 is 2.50 bits per heavy atom. The van der Waals surface area contributed by atoms with E-state index in [1.165, 1.54) is 0 Å². The minimum Gasteiger partial charge on any atom is -0.394 e. The highest BCUT2D eigenvalue weighted by Gasteiger charge is 2.02. The zero-order chi connectivity index (χ0) is 10.4. The molecular formula is C12H17NO. The lowest BCUT2D eigenvalue weighted by Crippen LogP contribution is -2.11. The standard InChI is InChI=1S/C12H17NO/c1-3-12(9-14)13-10(2)11-7-5-4-6-8-11/h4-8,12,14H,3,9H2,1-2H3/t12-/m1/s1. The summed E-state index contributed by atoms with van der Waals surface area (Å²) in [7, 11) is 0. The Bertz CT molecular complexity index is 288. The van der Waals surface area contributed by atoms with Crippen molar-refractivity contribution in [2.24, 2.45) is 4.99 Å². The van der Waals surface area contributed by atoms with Crippen molar-refractivity contribution in [1.82, 2.24) is 0 Å². The van der Waals surface area contributed by atoms with Gasteiger partial charge >= 0.3 is 0 Å². The lowest BCUT2D eigenvalue weighted by molar-refractivity contribution is 0.264. The summed E-state index contributed by atoms with van der Waals surface area (Å²) in [6.45, 7) is 4.14. The van der Waals surface area contributed by atoms with Crippen LogP contribution in [0.15, 0.2) is 35.3 Å². The highest BCUT2D eigenvalue weighted by atomic mass is 16.3. The second kappa shape index (κ2) is 5.55. The van der Waals surface area contributed by atoms with Crippen LogP contribution >= 0.6 is 0 Å². The minimum atomic E-state index is 0.0372. The first kappa shape index (κ1) is 10.9. The summed E-state index contributed by atoms with van der Waals surface area (Å²) in [6.07, 6.45) is 0.876. The molecule has 1 atom stereocenters. The number of nitrogens with zero attached hydrogens (tertiary/aromatic N) is 1. The molecule has 0 aliphatic carbocycles. The molecule has 14 heavy (non-hydrogen) atoms. The van der Waals surface area contributed by atoms with E-state index >= 15 is 0 Å². The van der Waals surface area contributed by atoms with Crippen LogP contribution in [0.4, 0.5) is 0 Å². The van der Waals surface area contributed by atoms with Crippen molar-refractivity contribution in [3.8, 4) is 0 Å². The molecule has 0 fully saturated rings. The highest BCUT2D eigenvalue weighted by Crippen LogP contribution is 2.04. The summed E-state index contributed by atoms with van der Waals surface area (Å²) in [5.41, 5.74) is 2.12. The van der Waals surface area contributed by atoms with Crippen LogP contribution in [-0.2, 0) is 0 Å². The number of hydrogen-bond donors (Lipinski definition) is 1. The van der Waals surface area contributed by atoms with Crippen LogP contribution in [0.2, 0.25) is 0 Å². The predicted octanol–water partition coefficient (Wildman–Crippen LogP) is 2.27. The van der Waals surface area contributed by atoms with Crippen molar-refractivity contribution in [3.63, 3.8) is 0 Å². The van der Waals surface area contributed by atoms with Crippen LogP contribution in [0.1, 0.15) is 25.8 Å². The number of aliphatic imine (C=N–C) groups is 1. The third-order valence-corrected chi connectivity index (χ3v) is 2.25. The molecule has 1 N–H and O–H groups in total. The van der Waals surface area contributed by atoms with Crippen molar-refractivity contribution in [1.29, 1.82) is 0 Å². The van der Waals surface area contributed by atoms with E-state index in [2.05, 4.69) is 4.99 Å². The molecule has 0 bridgehead atoms. The van der Waals surface area contributed by atoms with Crippen molar-refractivity contribution >= 4 is 5.71 Å². The number of rotatable bonds is 4. The molecule has 0 spiro atoms. The van der Waals surface area contributed by atoms with Gasteiger partial charge in [0.2, 0.25) is 0 Å². The van der Waals surface area contributed by atoms with E-state index in [0.29, 0.717) is 0 Å². The van der Waals surface area contributed by atoms with E-state index < -0.39 is 0 Å². The molecule has 0 aliphatic heterocycles. The lowest BCUT2D eigenvalue weighted by atomic mass is 10.1. The number of hydrogen-bond acceptors (Lipinski definition) is 2. The largest absolute Gasteiger partial charge is 0.394 e. The van der Waals surface area contributed by atoms with Crippen LogP contribution in [0, 0.1) is 0 Å². The third-order valence-electron chi connectivity index (χ3n) is 2.25. The molecule has 0 aromatic heterocycles. The fourth-order valence-electron chi connectivity index (χ4n) is 1.29. The smallest absolute Gasteiger partial charge is 0.0731 e. The molecule has 0 radical (unpaired) electrons. The minimum absolute atomic E-state index is 0.0372. The average molecular weight is 191 g/mol. The molecule has 76 valence electrons. The molecular weight excluding hydrogens is 174 g/mol. The van der Waals surface area contributed by atoms with Crippen LogP contribution < -0.4 is 0 Å². The third kappa shape index (κ3) is 2.96. The van der Waals surface area contributed by atoms with Gasteiger partial charge in [0, 0.05) is 5.71 Å². The molecule has 2 nitrogen and oxygen atoms in total. The molecule has 1 aromatic carbocycles. The summed E-state index contributed by atoms with van der Waals surface area (Å²) in [5.74, 6) is 0. The summed E-state index contributed by atoms with van der Waals surface area (Å²) < 4.78 is 0. The van der Waals surface area contributed by atoms with Gasteiger partial charge in [-0.15, -0.1) is 0 Å². The monoisotopic (exact) mass is 191 g/mol. The number of aliphatic hydroxyl groups is 1. The SMILES string of the molecule is CC[C@H](CO)N=C(C)c1ccccc1. The molecule has 1 rings (SSSR count). The van der Waals surface area contributed by atoms with Crippen LogP contribution in [-0.4, -0.2) is 23.5 Å². The second-order valence-electron chi connectivity index (χ2n) is 3.33. The lowest BCUT2D eigenvalue weighted by Gasteiger charge is -2.08. The van der Waals surface area contributed by atoms with Gasteiger partial charge < -0.3 is 5.11 Å². The van der Waals surface area contributed by atoms with Gasteiger partial charge in [0.15, 0.2) is 0 Å². The van der Waals surface area contributed by atoms with Crippen LogP contribution in [0.3, 0.4) is 0 Å². The summed E-state index contributed by atoms with van der Waals surface area (Å²) in [6, 6.07) is 10.1. The van der Waals surface area contributed by atoms with Gasteiger partial charge in [-0.3, -0.25) is 4.99 Å². The molecule has 0 heterocycles. The maximum atomic E-state index is 9.01. The summed E-state index contributed by atoms with van der Waals surface area (Å²) in [4.78, 5) is 4.45. The van der Waals surface area contributed by atoms with Gasteiger partial charge in [0.25, 0.3) is 0 Å². The van der Waals surface area contributed by atoms with Gasteiger partial charge in [-0.1, -0.05) is 37.3 Å². The van der Waals surface area contributed by atoms with Gasteiger partial charge in [-0.25, -0.2) is 0 Å². The Labute approximate surface area is 85.3 Å². The maximum absolute atomic E-state index is 9.01. The zero-order valence-corrected chi connectivity index (χ0v) is 8.77. The Kier molecular flexibility index (Phi) is 4.33. The van der Waals surface area contributed by atoms with Crippen molar-refractivity contribution < 1.29 is 5.11 Å². The Balaban J connectivity index is 2.78. The molecule has 0 unspecified atom stereocenters. The topological polar surface area (TPSA) is 32.6 Å². The normalized spacial score (nSPS) is 14.1. The zero-order valence-electron chi connectivity index (χ0n) is 8.77. The van der Waals surface area contributed by atoms with Crippen LogP contribution in [0.5, 0.6) is 0 Å². The molecule has 0 aliphatic rings. The average Bonchev–Trinajstić information content (AvgIpc) is 2.26. The van der Waals surface area contributed by atoms with E-state index in [1.54, 1.807) is 0 Å². The summed E-state index contributed by atoms with van der Waals surface area (Å²) in [5, 5.41) is 9.01. The molecule has 2 heteroatoms. The van der Waals surface area contributed by atoms with Crippen molar-refractivity contribution in [3.05, 3.63) is 35.9 Å². The van der Waals surface area contributed by atoms with Crippen molar-refractivity contribution in [2.45, 2.75) is 26.3 Å². The van der Waals surface area contributed by atoms with E-state index in [4.69, 9.17) is 5.11 Å². The van der Waals surface area contributed by atoms with Gasteiger partial charge in [0.1, 0.15) is 0 Å². The maximum Gasteiger partial charge on any atom is 0.0731 e. The fourth-order valence-corrected chi connectivity index (χ4v) is 1.29. The van der Waals surface area contributed by atoms with Gasteiger partial charge in [0.05, 0.1) is 12.6 Å².